The van der Waals surface area contributed by atoms with Gasteiger partial charge in [-0.2, -0.15) is 0 Å². The summed E-state index contributed by atoms with van der Waals surface area (Å²) in [6, 6.07) is 0. The molecule has 1 aliphatic rings. The smallest absolute Gasteiger partial charge is 0.173 e. The number of nitrogens with two attached hydrogens (primary N) is 1. The van der Waals surface area contributed by atoms with Crippen LogP contribution in [0.4, 0.5) is 0 Å². The van der Waals surface area contributed by atoms with E-state index < -0.39 is 15.4 Å². The van der Waals surface area contributed by atoms with Crippen LogP contribution in [0.2, 0.25) is 0 Å². The second kappa shape index (κ2) is 2.53. The van der Waals surface area contributed by atoms with Gasteiger partial charge in [-0.1, -0.05) is 6.08 Å². The molecule has 0 amide bonds. The van der Waals surface area contributed by atoms with E-state index in [4.69, 9.17) is 5.73 Å². The van der Waals surface area contributed by atoms with E-state index in [2.05, 4.69) is 0 Å². The van der Waals surface area contributed by atoms with Crippen molar-refractivity contribution in [1.82, 2.24) is 0 Å². The van der Waals surface area contributed by atoms with Gasteiger partial charge in [0.25, 0.3) is 0 Å². The third-order valence-corrected chi connectivity index (χ3v) is 2.74. The molecule has 0 fully saturated rings. The Bertz CT molecular complexity index is 242. The third-order valence-electron chi connectivity index (χ3n) is 1.17. The van der Waals surface area contributed by atoms with Gasteiger partial charge in [-0.25, -0.2) is 8.42 Å². The summed E-state index contributed by atoms with van der Waals surface area (Å²) in [4.78, 5) is 0. The SMILES string of the molecule is CC1(N)C=CS(=O)(=O)C1.Cl. The van der Waals surface area contributed by atoms with Crippen LogP contribution in [0.5, 0.6) is 0 Å². The van der Waals surface area contributed by atoms with Crippen LogP contribution >= 0.6 is 12.4 Å². The van der Waals surface area contributed by atoms with Crippen LogP contribution in [-0.2, 0) is 9.84 Å². The average Bonchev–Trinajstić information content (AvgIpc) is 1.78. The molecule has 0 aromatic carbocycles. The summed E-state index contributed by atoms with van der Waals surface area (Å²) in [7, 11) is -2.96. The molecule has 0 radical (unpaired) electrons. The minimum atomic E-state index is -2.96. The molecule has 0 aliphatic carbocycles. The first-order chi connectivity index (χ1) is 3.91. The van der Waals surface area contributed by atoms with Crippen LogP contribution in [0, 0.1) is 0 Å². The molecule has 2 N–H and O–H groups in total. The molecule has 1 rings (SSSR count). The lowest BCUT2D eigenvalue weighted by atomic mass is 10.1. The molecule has 1 unspecified atom stereocenters. The van der Waals surface area contributed by atoms with Gasteiger partial charge in [0.05, 0.1) is 5.75 Å². The minimum Gasteiger partial charge on any atom is -0.321 e. The molecule has 0 saturated heterocycles. The van der Waals surface area contributed by atoms with Crippen molar-refractivity contribution in [3.63, 3.8) is 0 Å². The zero-order chi connectivity index (χ0) is 7.12. The first-order valence-electron chi connectivity index (χ1n) is 2.62. The number of sulfone groups is 1. The van der Waals surface area contributed by atoms with Gasteiger partial charge in [0.2, 0.25) is 0 Å². The third kappa shape index (κ3) is 2.28. The Kier molecular flexibility index (Phi) is 2.51. The Morgan fingerprint density at radius 1 is 1.60 bits per heavy atom. The molecule has 5 heteroatoms. The Hall–Kier alpha value is -0.0600. The van der Waals surface area contributed by atoms with E-state index in [0.29, 0.717) is 0 Å². The van der Waals surface area contributed by atoms with Gasteiger partial charge in [-0.3, -0.25) is 0 Å². The summed E-state index contributed by atoms with van der Waals surface area (Å²) in [5.74, 6) is 0.0417. The van der Waals surface area contributed by atoms with Crippen molar-refractivity contribution in [3.8, 4) is 0 Å². The zero-order valence-electron chi connectivity index (χ0n) is 5.57. The molecule has 0 spiro atoms. The molecule has 1 aliphatic heterocycles. The van der Waals surface area contributed by atoms with Crippen molar-refractivity contribution in [2.45, 2.75) is 12.5 Å². The molecule has 1 heterocycles. The Morgan fingerprint density at radius 3 is 2.20 bits per heavy atom. The van der Waals surface area contributed by atoms with Gasteiger partial charge < -0.3 is 5.73 Å². The predicted molar refractivity (Wildman–Crippen MR) is 42.8 cm³/mol. The normalized spacial score (nSPS) is 35.4. The van der Waals surface area contributed by atoms with Crippen molar-refractivity contribution in [2.75, 3.05) is 5.75 Å². The Morgan fingerprint density at radius 2 is 2.10 bits per heavy atom. The van der Waals surface area contributed by atoms with Gasteiger partial charge >= 0.3 is 0 Å². The average molecular weight is 184 g/mol. The monoisotopic (exact) mass is 183 g/mol. The Balaban J connectivity index is 0.000000810. The maximum atomic E-state index is 10.7. The zero-order valence-corrected chi connectivity index (χ0v) is 7.21. The minimum absolute atomic E-state index is 0. The summed E-state index contributed by atoms with van der Waals surface area (Å²) >= 11 is 0. The second-order valence-corrected chi connectivity index (χ2v) is 4.50. The van der Waals surface area contributed by atoms with E-state index in [1.807, 2.05) is 0 Å². The lowest BCUT2D eigenvalue weighted by molar-refractivity contribution is 0.589. The highest BCUT2D eigenvalue weighted by Gasteiger charge is 2.28. The standard InChI is InChI=1S/C5H9NO2S.ClH/c1-5(6)2-3-9(7,8)4-5;/h2-3H,4,6H2,1H3;1H. The number of rotatable bonds is 0. The number of hydrogen-bond donors (Lipinski definition) is 1. The molecular weight excluding hydrogens is 174 g/mol. The van der Waals surface area contributed by atoms with E-state index in [-0.39, 0.29) is 18.2 Å². The second-order valence-electron chi connectivity index (χ2n) is 2.62. The summed E-state index contributed by atoms with van der Waals surface area (Å²) in [6.07, 6.45) is 1.52. The van der Waals surface area contributed by atoms with Gasteiger partial charge in [-0.15, -0.1) is 12.4 Å². The highest BCUT2D eigenvalue weighted by Crippen LogP contribution is 2.15. The van der Waals surface area contributed by atoms with Crippen molar-refractivity contribution in [3.05, 3.63) is 11.5 Å². The van der Waals surface area contributed by atoms with Gasteiger partial charge in [0.1, 0.15) is 0 Å². The fourth-order valence-electron chi connectivity index (χ4n) is 0.789. The van der Waals surface area contributed by atoms with Gasteiger partial charge in [0.15, 0.2) is 9.84 Å². The quantitative estimate of drug-likeness (QED) is 0.578. The van der Waals surface area contributed by atoms with Crippen LogP contribution < -0.4 is 5.73 Å². The highest BCUT2D eigenvalue weighted by atomic mass is 35.5. The Labute approximate surface area is 66.6 Å². The molecule has 0 saturated carbocycles. The van der Waals surface area contributed by atoms with Crippen molar-refractivity contribution in [2.24, 2.45) is 5.73 Å². The molecule has 10 heavy (non-hydrogen) atoms. The van der Waals surface area contributed by atoms with Crippen LogP contribution in [0.25, 0.3) is 0 Å². The molecular formula is C5H10ClNO2S. The van der Waals surface area contributed by atoms with Crippen molar-refractivity contribution >= 4 is 22.2 Å². The van der Waals surface area contributed by atoms with Crippen LogP contribution in [0.1, 0.15) is 6.92 Å². The van der Waals surface area contributed by atoms with E-state index >= 15 is 0 Å². The van der Waals surface area contributed by atoms with Crippen LogP contribution in [0.3, 0.4) is 0 Å². The summed E-state index contributed by atoms with van der Waals surface area (Å²) in [5, 5.41) is 1.17. The van der Waals surface area contributed by atoms with Crippen LogP contribution in [0.15, 0.2) is 11.5 Å². The van der Waals surface area contributed by atoms with E-state index in [9.17, 15) is 8.42 Å². The predicted octanol–water partition coefficient (Wildman–Crippen LogP) is 0.0677. The lowest BCUT2D eigenvalue weighted by Crippen LogP contribution is -2.36. The van der Waals surface area contributed by atoms with Crippen molar-refractivity contribution < 1.29 is 8.42 Å². The summed E-state index contributed by atoms with van der Waals surface area (Å²) in [6.45, 7) is 1.69. The summed E-state index contributed by atoms with van der Waals surface area (Å²) in [5.41, 5.74) is 4.85. The number of hydrogen-bond acceptors (Lipinski definition) is 3. The van der Waals surface area contributed by atoms with Crippen molar-refractivity contribution in [1.29, 1.82) is 0 Å². The fraction of sp³-hybridized carbons (Fsp3) is 0.600. The maximum absolute atomic E-state index is 10.7. The van der Waals surface area contributed by atoms with E-state index in [0.717, 1.165) is 0 Å². The van der Waals surface area contributed by atoms with Gasteiger partial charge in [-0.05, 0) is 6.92 Å². The topological polar surface area (TPSA) is 60.2 Å². The first-order valence-corrected chi connectivity index (χ1v) is 4.34. The highest BCUT2D eigenvalue weighted by molar-refractivity contribution is 7.94. The van der Waals surface area contributed by atoms with Gasteiger partial charge in [0, 0.05) is 10.9 Å². The molecule has 60 valence electrons. The molecule has 0 bridgehead atoms. The molecule has 1 atom stereocenters. The first kappa shape index (κ1) is 9.94. The molecule has 0 aromatic rings. The fourth-order valence-corrected chi connectivity index (χ4v) is 2.37. The molecule has 0 aromatic heterocycles. The largest absolute Gasteiger partial charge is 0.321 e. The van der Waals surface area contributed by atoms with Crippen LogP contribution in [-0.4, -0.2) is 19.7 Å². The lowest BCUT2D eigenvalue weighted by Gasteiger charge is -2.10. The number of halogens is 1. The van der Waals surface area contributed by atoms with E-state index in [1.165, 1.54) is 11.5 Å². The maximum Gasteiger partial charge on any atom is 0.173 e. The molecule has 3 nitrogen and oxygen atoms in total. The van der Waals surface area contributed by atoms with E-state index in [1.54, 1.807) is 6.92 Å². The summed E-state index contributed by atoms with van der Waals surface area (Å²) < 4.78 is 21.4.